The minimum atomic E-state index is 1.04. The molecule has 0 fully saturated rings. The van der Waals surface area contributed by atoms with Crippen LogP contribution in [-0.2, 0) is 6.54 Å². The van der Waals surface area contributed by atoms with Crippen LogP contribution in [0.15, 0.2) is 0 Å². The molecular weight excluding hydrogens is 130 g/mol. The minimum absolute atomic E-state index is 1.04. The summed E-state index contributed by atoms with van der Waals surface area (Å²) in [6.45, 7) is 3.24. The maximum atomic E-state index is 4.85. The number of nitrogens with zero attached hydrogens (tertiary/aromatic N) is 2. The first-order valence-electron chi connectivity index (χ1n) is 3.76. The molecule has 1 rings (SSSR count). The molecule has 1 aromatic rings. The Morgan fingerprint density at radius 3 is 2.70 bits per heavy atom. The predicted molar refractivity (Wildman–Crippen MR) is 38.8 cm³/mol. The Kier molecular flexibility index (Phi) is 2.48. The Bertz CT molecular complexity index is 163. The molecule has 0 atom stereocenters. The average Bonchev–Trinajstić information content (AvgIpc) is 2.68. The van der Waals surface area contributed by atoms with E-state index in [4.69, 9.17) is 4.84 Å². The highest BCUT2D eigenvalue weighted by atomic mass is 16.7. The van der Waals surface area contributed by atoms with E-state index in [1.165, 1.54) is 19.3 Å². The van der Waals surface area contributed by atoms with Crippen LogP contribution in [-0.4, -0.2) is 22.1 Å². The Balaban J connectivity index is 2.00. The summed E-state index contributed by atoms with van der Waals surface area (Å²) < 4.78 is 0. The highest BCUT2D eigenvalue weighted by Gasteiger charge is 2.02. The van der Waals surface area contributed by atoms with Crippen molar-refractivity contribution in [3.63, 3.8) is 0 Å². The van der Waals surface area contributed by atoms with Crippen LogP contribution in [0.25, 0.3) is 0 Å². The molecule has 1 N–H and O–H groups in total. The molecule has 4 heteroatoms. The van der Waals surface area contributed by atoms with Crippen LogP contribution in [0.5, 0.6) is 0 Å². The number of aromatic amines is 1. The second-order valence-electron chi connectivity index (χ2n) is 2.39. The largest absolute Gasteiger partial charge is 0.385 e. The van der Waals surface area contributed by atoms with Crippen molar-refractivity contribution in [1.82, 2.24) is 15.0 Å². The molecule has 1 aromatic heterocycles. The molecule has 4 nitrogen and oxygen atoms in total. The van der Waals surface area contributed by atoms with Gasteiger partial charge in [-0.15, -0.1) is 0 Å². The fourth-order valence-corrected chi connectivity index (χ4v) is 0.871. The molecule has 0 bridgehead atoms. The van der Waals surface area contributed by atoms with Gasteiger partial charge in [-0.3, -0.25) is 0 Å². The number of unbranched alkanes of at least 4 members (excludes halogenated alkanes) is 2. The van der Waals surface area contributed by atoms with Crippen LogP contribution in [0.3, 0.4) is 0 Å². The van der Waals surface area contributed by atoms with Crippen molar-refractivity contribution >= 4 is 0 Å². The number of rotatable bonds is 5. The highest BCUT2D eigenvalue weighted by Crippen LogP contribution is 1.97. The molecule has 0 saturated heterocycles. The average molecular weight is 145 g/mol. The quantitative estimate of drug-likeness (QED) is 0.613. The molecule has 0 aliphatic heterocycles. The van der Waals surface area contributed by atoms with Gasteiger partial charge in [0, 0.05) is 0 Å². The van der Waals surface area contributed by atoms with E-state index in [0.29, 0.717) is 0 Å². The summed E-state index contributed by atoms with van der Waals surface area (Å²) in [6, 6.07) is 0. The molecule has 0 spiro atoms. The SMILES string of the molecule is CCCCCn1[nH]n1OC. The molecule has 0 radical (unpaired) electrons. The van der Waals surface area contributed by atoms with Gasteiger partial charge in [-0.2, -0.15) is 10.0 Å². The third kappa shape index (κ3) is 1.86. The fourth-order valence-electron chi connectivity index (χ4n) is 0.871. The van der Waals surface area contributed by atoms with Crippen LogP contribution in [0.2, 0.25) is 0 Å². The molecular formula is C6H15N3O. The topological polar surface area (TPSA) is 34.9 Å². The molecule has 10 heavy (non-hydrogen) atoms. The molecule has 1 heterocycles. The number of hydrogen-bond donors (Lipinski definition) is 1. The molecule has 0 aromatic carbocycles. The lowest BCUT2D eigenvalue weighted by Crippen LogP contribution is -2.01. The summed E-state index contributed by atoms with van der Waals surface area (Å²) in [6.07, 6.45) is 3.78. The van der Waals surface area contributed by atoms with Crippen molar-refractivity contribution in [1.29, 1.82) is 0 Å². The van der Waals surface area contributed by atoms with E-state index in [1.54, 1.807) is 12.1 Å². The third-order valence-electron chi connectivity index (χ3n) is 1.53. The van der Waals surface area contributed by atoms with Crippen LogP contribution in [0.4, 0.5) is 0 Å². The molecule has 0 amide bonds. The molecule has 0 saturated carbocycles. The first-order valence-corrected chi connectivity index (χ1v) is 3.76. The van der Waals surface area contributed by atoms with Crippen LogP contribution in [0.1, 0.15) is 26.2 Å². The van der Waals surface area contributed by atoms with Crippen molar-refractivity contribution < 1.29 is 4.84 Å². The first kappa shape index (κ1) is 7.31. The van der Waals surface area contributed by atoms with Crippen LogP contribution in [0, 0.1) is 0 Å². The fraction of sp³-hybridized carbons (Fsp3) is 1.00. The Morgan fingerprint density at radius 1 is 1.40 bits per heavy atom. The predicted octanol–water partition coefficient (Wildman–Crippen LogP) is 0.866. The van der Waals surface area contributed by atoms with Crippen molar-refractivity contribution in [3.8, 4) is 0 Å². The summed E-state index contributed by atoms with van der Waals surface area (Å²) in [5.41, 5.74) is 0. The minimum Gasteiger partial charge on any atom is -0.385 e. The van der Waals surface area contributed by atoms with E-state index < -0.39 is 0 Å². The number of aromatic nitrogens is 3. The smallest absolute Gasteiger partial charge is 0.108 e. The summed E-state index contributed by atoms with van der Waals surface area (Å²) in [4.78, 5) is 8.41. The summed E-state index contributed by atoms with van der Waals surface area (Å²) in [5.74, 6) is 0. The van der Waals surface area contributed by atoms with E-state index >= 15 is 0 Å². The van der Waals surface area contributed by atoms with Crippen molar-refractivity contribution in [2.24, 2.45) is 0 Å². The first-order chi connectivity index (χ1) is 4.88. The zero-order chi connectivity index (χ0) is 7.40. The zero-order valence-electron chi connectivity index (χ0n) is 6.63. The van der Waals surface area contributed by atoms with Gasteiger partial charge in [0.05, 0.1) is 6.54 Å². The monoisotopic (exact) mass is 145 g/mol. The summed E-state index contributed by atoms with van der Waals surface area (Å²) >= 11 is 0. The van der Waals surface area contributed by atoms with Gasteiger partial charge in [0.15, 0.2) is 0 Å². The van der Waals surface area contributed by atoms with Crippen LogP contribution >= 0.6 is 0 Å². The Labute approximate surface area is 60.6 Å². The number of H-pyrrole nitrogens is 1. The van der Waals surface area contributed by atoms with Crippen LogP contribution < -0.4 is 4.84 Å². The van der Waals surface area contributed by atoms with Crippen molar-refractivity contribution in [2.45, 2.75) is 32.7 Å². The van der Waals surface area contributed by atoms with Gasteiger partial charge in [-0.1, -0.05) is 19.8 Å². The Hall–Kier alpha value is -0.800. The summed E-state index contributed by atoms with van der Waals surface area (Å²) in [7, 11) is 1.65. The molecule has 0 unspecified atom stereocenters. The van der Waals surface area contributed by atoms with E-state index in [0.717, 1.165) is 6.54 Å². The van der Waals surface area contributed by atoms with Gasteiger partial charge in [0.2, 0.25) is 0 Å². The van der Waals surface area contributed by atoms with Gasteiger partial charge in [0.1, 0.15) is 7.11 Å². The number of hydrogen-bond acceptors (Lipinski definition) is 1. The van der Waals surface area contributed by atoms with E-state index in [2.05, 4.69) is 12.1 Å². The maximum Gasteiger partial charge on any atom is 0.108 e. The van der Waals surface area contributed by atoms with E-state index in [1.807, 2.05) is 4.80 Å². The normalized spacial score (nSPS) is 10.6. The second kappa shape index (κ2) is 3.39. The summed E-state index contributed by atoms with van der Waals surface area (Å²) in [5, 5.41) is 2.92. The molecule has 0 aliphatic rings. The third-order valence-corrected chi connectivity index (χ3v) is 1.53. The lowest BCUT2D eigenvalue weighted by molar-refractivity contribution is 0.145. The van der Waals surface area contributed by atoms with Gasteiger partial charge in [-0.25, -0.2) is 0 Å². The van der Waals surface area contributed by atoms with E-state index in [9.17, 15) is 0 Å². The highest BCUT2D eigenvalue weighted by molar-refractivity contribution is 4.40. The van der Waals surface area contributed by atoms with Gasteiger partial charge < -0.3 is 4.84 Å². The molecule has 0 aliphatic carbocycles. The number of aryl methyl sites for hydroxylation is 1. The van der Waals surface area contributed by atoms with Crippen molar-refractivity contribution in [2.75, 3.05) is 7.11 Å². The second-order valence-corrected chi connectivity index (χ2v) is 2.39. The van der Waals surface area contributed by atoms with Crippen molar-refractivity contribution in [3.05, 3.63) is 0 Å². The maximum absolute atomic E-state index is 4.85. The Morgan fingerprint density at radius 2 is 2.20 bits per heavy atom. The standard InChI is InChI=1S/C6H15N3O/c1-3-4-5-6-8-7-9(8)10-2/h7H,3-6H2,1-2H3. The lowest BCUT2D eigenvalue weighted by atomic mass is 10.3. The van der Waals surface area contributed by atoms with Gasteiger partial charge in [-0.05, 0) is 11.4 Å². The number of nitrogens with one attached hydrogen (secondary N) is 1. The zero-order valence-corrected chi connectivity index (χ0v) is 6.63. The van der Waals surface area contributed by atoms with E-state index in [-0.39, 0.29) is 0 Å². The van der Waals surface area contributed by atoms with Gasteiger partial charge in [0.25, 0.3) is 0 Å². The van der Waals surface area contributed by atoms with Gasteiger partial charge >= 0.3 is 0 Å². The lowest BCUT2D eigenvalue weighted by Gasteiger charge is -1.92. The molecule has 60 valence electrons.